The smallest absolute Gasteiger partial charge is 0.274 e. The lowest BCUT2D eigenvalue weighted by Gasteiger charge is -2.09. The van der Waals surface area contributed by atoms with E-state index in [9.17, 15) is 4.79 Å². The van der Waals surface area contributed by atoms with Crippen LogP contribution in [0.3, 0.4) is 0 Å². The van der Waals surface area contributed by atoms with Crippen LogP contribution in [0.15, 0.2) is 24.3 Å². The van der Waals surface area contributed by atoms with Crippen LogP contribution < -0.4 is 11.1 Å². The molecule has 1 heterocycles. The fourth-order valence-corrected chi connectivity index (χ4v) is 1.90. The van der Waals surface area contributed by atoms with Crippen LogP contribution >= 0.6 is 0 Å². The number of amides is 1. The van der Waals surface area contributed by atoms with E-state index in [4.69, 9.17) is 10.5 Å². The van der Waals surface area contributed by atoms with Gasteiger partial charge in [-0.25, -0.2) is 0 Å². The van der Waals surface area contributed by atoms with Crippen molar-refractivity contribution in [2.24, 2.45) is 0 Å². The number of H-pyrrole nitrogens is 1. The number of anilines is 1. The molecule has 4 N–H and O–H groups in total. The van der Waals surface area contributed by atoms with E-state index in [2.05, 4.69) is 15.5 Å². The molecule has 0 radical (unpaired) electrons. The number of aromatic amines is 1. The third kappa shape index (κ3) is 2.97. The lowest BCUT2D eigenvalue weighted by atomic mass is 10.1. The Kier molecular flexibility index (Phi) is 4.37. The van der Waals surface area contributed by atoms with Crippen molar-refractivity contribution in [3.63, 3.8) is 0 Å². The number of rotatable bonds is 5. The SMILES string of the molecule is COCc1ccccc1CNC(=O)c1n[nH]c(C)c1N. The highest BCUT2D eigenvalue weighted by molar-refractivity contribution is 5.97. The standard InChI is InChI=1S/C14H18N4O2/c1-9-12(15)13(18-17-9)14(19)16-7-10-5-3-4-6-11(10)8-20-2/h3-6H,7-8,15H2,1-2H3,(H,16,19)(H,17,18). The topological polar surface area (TPSA) is 93.0 Å². The van der Waals surface area contributed by atoms with Crippen LogP contribution in [0.4, 0.5) is 5.69 Å². The van der Waals surface area contributed by atoms with Gasteiger partial charge in [0.15, 0.2) is 5.69 Å². The summed E-state index contributed by atoms with van der Waals surface area (Å²) in [6, 6.07) is 7.79. The third-order valence-corrected chi connectivity index (χ3v) is 3.07. The summed E-state index contributed by atoms with van der Waals surface area (Å²) in [5, 5.41) is 9.40. The monoisotopic (exact) mass is 274 g/mol. The Morgan fingerprint density at radius 3 is 2.70 bits per heavy atom. The summed E-state index contributed by atoms with van der Waals surface area (Å²) in [4.78, 5) is 12.0. The molecule has 1 amide bonds. The lowest BCUT2D eigenvalue weighted by Crippen LogP contribution is -2.24. The largest absolute Gasteiger partial charge is 0.395 e. The molecule has 1 aromatic carbocycles. The number of nitrogens with zero attached hydrogens (tertiary/aromatic N) is 1. The normalized spacial score (nSPS) is 10.5. The van der Waals surface area contributed by atoms with Crippen molar-refractivity contribution in [2.75, 3.05) is 12.8 Å². The molecule has 106 valence electrons. The predicted molar refractivity (Wildman–Crippen MR) is 76.1 cm³/mol. The minimum Gasteiger partial charge on any atom is -0.395 e. The van der Waals surface area contributed by atoms with E-state index < -0.39 is 0 Å². The van der Waals surface area contributed by atoms with Crippen molar-refractivity contribution in [3.8, 4) is 0 Å². The number of nitrogens with two attached hydrogens (primary N) is 1. The van der Waals surface area contributed by atoms with Crippen LogP contribution in [-0.2, 0) is 17.9 Å². The summed E-state index contributed by atoms with van der Waals surface area (Å²) in [6.07, 6.45) is 0. The van der Waals surface area contributed by atoms with Crippen LogP contribution in [-0.4, -0.2) is 23.2 Å². The predicted octanol–water partition coefficient (Wildman–Crippen LogP) is 1.38. The molecule has 0 saturated carbocycles. The number of benzene rings is 1. The fraction of sp³-hybridized carbons (Fsp3) is 0.286. The van der Waals surface area contributed by atoms with E-state index in [0.717, 1.165) is 11.1 Å². The van der Waals surface area contributed by atoms with Crippen LogP contribution in [0.25, 0.3) is 0 Å². The fourth-order valence-electron chi connectivity index (χ4n) is 1.90. The van der Waals surface area contributed by atoms with Gasteiger partial charge in [0.1, 0.15) is 0 Å². The van der Waals surface area contributed by atoms with E-state index in [0.29, 0.717) is 24.5 Å². The van der Waals surface area contributed by atoms with Gasteiger partial charge in [0, 0.05) is 13.7 Å². The summed E-state index contributed by atoms with van der Waals surface area (Å²) >= 11 is 0. The molecule has 20 heavy (non-hydrogen) atoms. The Labute approximate surface area is 117 Å². The Balaban J connectivity index is 2.05. The second-order valence-electron chi connectivity index (χ2n) is 4.50. The maximum absolute atomic E-state index is 12.0. The van der Waals surface area contributed by atoms with Gasteiger partial charge >= 0.3 is 0 Å². The number of carbonyl (C=O) groups excluding carboxylic acids is 1. The summed E-state index contributed by atoms with van der Waals surface area (Å²) in [5.41, 5.74) is 9.13. The van der Waals surface area contributed by atoms with E-state index in [1.165, 1.54) is 0 Å². The van der Waals surface area contributed by atoms with Crippen molar-refractivity contribution < 1.29 is 9.53 Å². The first-order chi connectivity index (χ1) is 9.63. The highest BCUT2D eigenvalue weighted by atomic mass is 16.5. The molecule has 6 nitrogen and oxygen atoms in total. The Morgan fingerprint density at radius 1 is 1.40 bits per heavy atom. The molecular formula is C14H18N4O2. The van der Waals surface area contributed by atoms with Crippen molar-refractivity contribution in [3.05, 3.63) is 46.8 Å². The van der Waals surface area contributed by atoms with Gasteiger partial charge in [0.25, 0.3) is 5.91 Å². The average Bonchev–Trinajstić information content (AvgIpc) is 2.78. The second-order valence-corrected chi connectivity index (χ2v) is 4.50. The van der Waals surface area contributed by atoms with Crippen LogP contribution in [0.1, 0.15) is 27.3 Å². The molecular weight excluding hydrogens is 256 g/mol. The number of carbonyl (C=O) groups is 1. The van der Waals surface area contributed by atoms with Gasteiger partial charge < -0.3 is 15.8 Å². The molecule has 0 saturated heterocycles. The lowest BCUT2D eigenvalue weighted by molar-refractivity contribution is 0.0946. The molecule has 0 aliphatic heterocycles. The van der Waals surface area contributed by atoms with Crippen LogP contribution in [0, 0.1) is 6.92 Å². The van der Waals surface area contributed by atoms with Crippen molar-refractivity contribution in [1.29, 1.82) is 0 Å². The van der Waals surface area contributed by atoms with E-state index >= 15 is 0 Å². The van der Waals surface area contributed by atoms with E-state index in [-0.39, 0.29) is 11.6 Å². The Bertz CT molecular complexity index is 607. The van der Waals surface area contributed by atoms with Gasteiger partial charge in [-0.05, 0) is 18.1 Å². The number of nitrogens with one attached hydrogen (secondary N) is 2. The average molecular weight is 274 g/mol. The van der Waals surface area contributed by atoms with Crippen LogP contribution in [0.2, 0.25) is 0 Å². The summed E-state index contributed by atoms with van der Waals surface area (Å²) in [6.45, 7) is 2.69. The number of aryl methyl sites for hydroxylation is 1. The summed E-state index contributed by atoms with van der Waals surface area (Å²) < 4.78 is 5.13. The zero-order valence-electron chi connectivity index (χ0n) is 11.6. The highest BCUT2D eigenvalue weighted by Crippen LogP contribution is 2.13. The first-order valence-corrected chi connectivity index (χ1v) is 6.27. The van der Waals surface area contributed by atoms with Gasteiger partial charge in [-0.3, -0.25) is 9.89 Å². The van der Waals surface area contributed by atoms with Crippen molar-refractivity contribution in [2.45, 2.75) is 20.1 Å². The Morgan fingerprint density at radius 2 is 2.10 bits per heavy atom. The molecule has 0 spiro atoms. The molecule has 0 bridgehead atoms. The maximum atomic E-state index is 12.0. The maximum Gasteiger partial charge on any atom is 0.274 e. The minimum absolute atomic E-state index is 0.228. The van der Waals surface area contributed by atoms with E-state index in [1.807, 2.05) is 24.3 Å². The number of hydrogen-bond donors (Lipinski definition) is 3. The number of methoxy groups -OCH3 is 1. The quantitative estimate of drug-likeness (QED) is 0.767. The molecule has 1 aromatic heterocycles. The molecule has 0 atom stereocenters. The summed E-state index contributed by atoms with van der Waals surface area (Å²) in [7, 11) is 1.64. The zero-order valence-corrected chi connectivity index (χ0v) is 11.6. The Hall–Kier alpha value is -2.34. The number of hydrogen-bond acceptors (Lipinski definition) is 4. The first kappa shape index (κ1) is 14.1. The number of nitrogen functional groups attached to an aromatic ring is 1. The molecule has 2 aromatic rings. The zero-order chi connectivity index (χ0) is 14.5. The van der Waals surface area contributed by atoms with Gasteiger partial charge in [0.2, 0.25) is 0 Å². The summed E-state index contributed by atoms with van der Waals surface area (Å²) in [5.74, 6) is -0.293. The third-order valence-electron chi connectivity index (χ3n) is 3.07. The second kappa shape index (κ2) is 6.21. The van der Waals surface area contributed by atoms with Gasteiger partial charge in [-0.2, -0.15) is 5.10 Å². The molecule has 0 unspecified atom stereocenters. The van der Waals surface area contributed by atoms with Crippen LogP contribution in [0.5, 0.6) is 0 Å². The van der Waals surface area contributed by atoms with Crippen molar-refractivity contribution >= 4 is 11.6 Å². The van der Waals surface area contributed by atoms with Gasteiger partial charge in [0.05, 0.1) is 18.0 Å². The molecule has 0 fully saturated rings. The highest BCUT2D eigenvalue weighted by Gasteiger charge is 2.15. The minimum atomic E-state index is -0.293. The number of aromatic nitrogens is 2. The van der Waals surface area contributed by atoms with Crippen molar-refractivity contribution in [1.82, 2.24) is 15.5 Å². The van der Waals surface area contributed by atoms with E-state index in [1.54, 1.807) is 14.0 Å². The number of ether oxygens (including phenoxy) is 1. The molecule has 0 aliphatic carbocycles. The first-order valence-electron chi connectivity index (χ1n) is 6.27. The molecule has 0 aliphatic rings. The van der Waals surface area contributed by atoms with Gasteiger partial charge in [-0.15, -0.1) is 0 Å². The molecule has 6 heteroatoms. The van der Waals surface area contributed by atoms with Gasteiger partial charge in [-0.1, -0.05) is 24.3 Å². The molecule has 2 rings (SSSR count).